The highest BCUT2D eigenvalue weighted by Crippen LogP contribution is 2.34. The van der Waals surface area contributed by atoms with Crippen LogP contribution in [0, 0.1) is 0 Å². The normalized spacial score (nSPS) is 10.8. The second-order valence-electron chi connectivity index (χ2n) is 5.00. The molecule has 0 aliphatic rings. The summed E-state index contributed by atoms with van der Waals surface area (Å²) in [5, 5.41) is 4.56. The molecule has 2 N–H and O–H groups in total. The summed E-state index contributed by atoms with van der Waals surface area (Å²) in [4.78, 5) is 4.41. The zero-order chi connectivity index (χ0) is 14.8. The third-order valence-corrected chi connectivity index (χ3v) is 3.65. The summed E-state index contributed by atoms with van der Waals surface area (Å²) in [6.45, 7) is 2.15. The lowest BCUT2D eigenvalue weighted by atomic mass is 10.0. The van der Waals surface area contributed by atoms with Crippen LogP contribution in [0.25, 0.3) is 22.5 Å². The van der Waals surface area contributed by atoms with E-state index in [2.05, 4.69) is 41.3 Å². The first-order chi connectivity index (χ1) is 10.2. The Morgan fingerprint density at radius 3 is 2.48 bits per heavy atom. The van der Waals surface area contributed by atoms with Gasteiger partial charge in [-0.05, 0) is 24.1 Å². The van der Waals surface area contributed by atoms with Gasteiger partial charge < -0.3 is 5.73 Å². The van der Waals surface area contributed by atoms with Gasteiger partial charge in [-0.15, -0.1) is 0 Å². The molecule has 0 aliphatic carbocycles. The Balaban J connectivity index is 2.16. The van der Waals surface area contributed by atoms with E-state index >= 15 is 0 Å². The first-order valence-electron chi connectivity index (χ1n) is 7.04. The van der Waals surface area contributed by atoms with Gasteiger partial charge in [0.2, 0.25) is 0 Å². The van der Waals surface area contributed by atoms with Crippen molar-refractivity contribution in [3.63, 3.8) is 0 Å². The largest absolute Gasteiger partial charge is 0.383 e. The van der Waals surface area contributed by atoms with Crippen molar-refractivity contribution in [2.75, 3.05) is 5.73 Å². The van der Waals surface area contributed by atoms with E-state index in [1.165, 1.54) is 5.56 Å². The summed E-state index contributed by atoms with van der Waals surface area (Å²) in [6.07, 6.45) is 2.80. The molecule has 0 unspecified atom stereocenters. The van der Waals surface area contributed by atoms with Gasteiger partial charge in [-0.2, -0.15) is 5.10 Å². The lowest BCUT2D eigenvalue weighted by Gasteiger charge is -2.04. The van der Waals surface area contributed by atoms with E-state index in [-0.39, 0.29) is 0 Å². The number of nitrogens with two attached hydrogens (primary N) is 1. The maximum atomic E-state index is 6.19. The van der Waals surface area contributed by atoms with Gasteiger partial charge in [-0.1, -0.05) is 37.3 Å². The lowest BCUT2D eigenvalue weighted by molar-refractivity contribution is 0.782. The quantitative estimate of drug-likeness (QED) is 0.799. The van der Waals surface area contributed by atoms with Gasteiger partial charge in [0.15, 0.2) is 0 Å². The van der Waals surface area contributed by atoms with Gasteiger partial charge in [0.25, 0.3) is 0 Å². The predicted octanol–water partition coefficient (Wildman–Crippen LogP) is 3.29. The molecule has 0 saturated carbocycles. The summed E-state index contributed by atoms with van der Waals surface area (Å²) >= 11 is 0. The fraction of sp³-hybridized carbons (Fsp3) is 0.176. The zero-order valence-corrected chi connectivity index (χ0v) is 12.2. The standard InChI is InChI=1S/C17H18N4/c1-3-12-7-9-13(10-8-12)16-15(17(18)21(2)20-16)14-6-4-5-11-19-14/h4-11H,3,18H2,1-2H3. The number of rotatable bonds is 3. The van der Waals surface area contributed by atoms with Crippen molar-refractivity contribution in [1.82, 2.24) is 14.8 Å². The summed E-state index contributed by atoms with van der Waals surface area (Å²) in [5.74, 6) is 0.628. The highest BCUT2D eigenvalue weighted by atomic mass is 15.3. The Kier molecular flexibility index (Phi) is 3.44. The molecule has 0 amide bonds. The Bertz CT molecular complexity index is 742. The van der Waals surface area contributed by atoms with Crippen molar-refractivity contribution in [3.8, 4) is 22.5 Å². The van der Waals surface area contributed by atoms with Crippen molar-refractivity contribution in [3.05, 3.63) is 54.2 Å². The third-order valence-electron chi connectivity index (χ3n) is 3.65. The van der Waals surface area contributed by atoms with E-state index in [4.69, 9.17) is 5.73 Å². The zero-order valence-electron chi connectivity index (χ0n) is 12.2. The molecular formula is C17H18N4. The van der Waals surface area contributed by atoms with Gasteiger partial charge in [0.05, 0.1) is 11.3 Å². The number of aromatic nitrogens is 3. The van der Waals surface area contributed by atoms with Crippen LogP contribution in [0.15, 0.2) is 48.7 Å². The molecule has 3 aromatic rings. The van der Waals surface area contributed by atoms with Crippen LogP contribution >= 0.6 is 0 Å². The van der Waals surface area contributed by atoms with E-state index in [1.807, 2.05) is 25.2 Å². The van der Waals surface area contributed by atoms with Crippen molar-refractivity contribution in [2.45, 2.75) is 13.3 Å². The van der Waals surface area contributed by atoms with Gasteiger partial charge in [0.1, 0.15) is 11.5 Å². The molecule has 21 heavy (non-hydrogen) atoms. The third kappa shape index (κ3) is 2.40. The summed E-state index contributed by atoms with van der Waals surface area (Å²) in [6, 6.07) is 14.2. The van der Waals surface area contributed by atoms with Crippen LogP contribution in [-0.4, -0.2) is 14.8 Å². The van der Waals surface area contributed by atoms with Crippen molar-refractivity contribution in [2.24, 2.45) is 7.05 Å². The molecule has 0 bridgehead atoms. The number of nitrogens with zero attached hydrogens (tertiary/aromatic N) is 3. The highest BCUT2D eigenvalue weighted by Gasteiger charge is 2.17. The number of hydrogen-bond acceptors (Lipinski definition) is 3. The minimum Gasteiger partial charge on any atom is -0.383 e. The van der Waals surface area contributed by atoms with Crippen molar-refractivity contribution in [1.29, 1.82) is 0 Å². The van der Waals surface area contributed by atoms with E-state index in [0.717, 1.165) is 28.9 Å². The Morgan fingerprint density at radius 1 is 1.10 bits per heavy atom. The average Bonchev–Trinajstić information content (AvgIpc) is 2.84. The first-order valence-corrected chi connectivity index (χ1v) is 7.04. The Hall–Kier alpha value is -2.62. The lowest BCUT2D eigenvalue weighted by Crippen LogP contribution is -1.98. The Morgan fingerprint density at radius 2 is 1.86 bits per heavy atom. The second-order valence-corrected chi connectivity index (χ2v) is 5.00. The number of benzene rings is 1. The molecule has 4 nitrogen and oxygen atoms in total. The molecule has 2 aromatic heterocycles. The molecule has 0 saturated heterocycles. The molecule has 0 atom stereocenters. The number of aryl methyl sites for hydroxylation is 2. The van der Waals surface area contributed by atoms with Gasteiger partial charge in [-0.3, -0.25) is 9.67 Å². The van der Waals surface area contributed by atoms with Gasteiger partial charge in [-0.25, -0.2) is 0 Å². The van der Waals surface area contributed by atoms with Gasteiger partial charge >= 0.3 is 0 Å². The van der Waals surface area contributed by atoms with Crippen LogP contribution in [0.3, 0.4) is 0 Å². The van der Waals surface area contributed by atoms with Crippen LogP contribution in [-0.2, 0) is 13.5 Å². The fourth-order valence-corrected chi connectivity index (χ4v) is 2.40. The minimum absolute atomic E-state index is 0.628. The van der Waals surface area contributed by atoms with E-state index in [1.54, 1.807) is 10.9 Å². The monoisotopic (exact) mass is 278 g/mol. The molecule has 2 heterocycles. The molecule has 0 spiro atoms. The summed E-state index contributed by atoms with van der Waals surface area (Å²) in [7, 11) is 1.85. The van der Waals surface area contributed by atoms with Crippen molar-refractivity contribution >= 4 is 5.82 Å². The average molecular weight is 278 g/mol. The van der Waals surface area contributed by atoms with Crippen LogP contribution in [0.4, 0.5) is 5.82 Å². The molecule has 3 rings (SSSR count). The molecule has 1 aromatic carbocycles. The summed E-state index contributed by atoms with van der Waals surface area (Å²) < 4.78 is 1.70. The van der Waals surface area contributed by atoms with Crippen molar-refractivity contribution < 1.29 is 0 Å². The Labute approximate surface area is 124 Å². The number of pyridine rings is 1. The number of hydrogen-bond donors (Lipinski definition) is 1. The molecule has 4 heteroatoms. The molecule has 0 fully saturated rings. The van der Waals surface area contributed by atoms with E-state index in [0.29, 0.717) is 5.82 Å². The number of anilines is 1. The number of nitrogen functional groups attached to an aromatic ring is 1. The van der Waals surface area contributed by atoms with E-state index in [9.17, 15) is 0 Å². The van der Waals surface area contributed by atoms with Gasteiger partial charge in [0, 0.05) is 18.8 Å². The fourth-order valence-electron chi connectivity index (χ4n) is 2.40. The maximum Gasteiger partial charge on any atom is 0.131 e. The highest BCUT2D eigenvalue weighted by molar-refractivity contribution is 5.86. The topological polar surface area (TPSA) is 56.7 Å². The molecule has 0 radical (unpaired) electrons. The van der Waals surface area contributed by atoms with Crippen LogP contribution < -0.4 is 5.73 Å². The predicted molar refractivity (Wildman–Crippen MR) is 85.7 cm³/mol. The van der Waals surface area contributed by atoms with Crippen LogP contribution in [0.2, 0.25) is 0 Å². The maximum absolute atomic E-state index is 6.19. The smallest absolute Gasteiger partial charge is 0.131 e. The second kappa shape index (κ2) is 5.40. The molecular weight excluding hydrogens is 260 g/mol. The minimum atomic E-state index is 0.628. The summed E-state index contributed by atoms with van der Waals surface area (Å²) in [5.41, 5.74) is 11.2. The first kappa shape index (κ1) is 13.4. The van der Waals surface area contributed by atoms with E-state index < -0.39 is 0 Å². The SMILES string of the molecule is CCc1ccc(-c2nn(C)c(N)c2-c2ccccn2)cc1. The molecule has 0 aliphatic heterocycles. The molecule has 106 valence electrons. The van der Waals surface area contributed by atoms with Crippen LogP contribution in [0.1, 0.15) is 12.5 Å². The van der Waals surface area contributed by atoms with Crippen LogP contribution in [0.5, 0.6) is 0 Å².